The average Bonchev–Trinajstić information content (AvgIpc) is 3.10. The van der Waals surface area contributed by atoms with Gasteiger partial charge < -0.3 is 15.5 Å². The number of hydrogen-bond donors (Lipinski definition) is 3. The summed E-state index contributed by atoms with van der Waals surface area (Å²) in [4.78, 5) is 50.4. The molecule has 0 radical (unpaired) electrons. The van der Waals surface area contributed by atoms with E-state index in [1.54, 1.807) is 30.3 Å². The summed E-state index contributed by atoms with van der Waals surface area (Å²) >= 11 is 0. The number of carbonyl (C=O) groups is 4. The highest BCUT2D eigenvalue weighted by Gasteiger charge is 2.39. The second-order valence-electron chi connectivity index (χ2n) is 7.69. The number of hydrogen-bond acceptors (Lipinski definition) is 5. The van der Waals surface area contributed by atoms with Crippen molar-refractivity contribution in [1.82, 2.24) is 15.5 Å². The van der Waals surface area contributed by atoms with E-state index in [2.05, 4.69) is 22.0 Å². The van der Waals surface area contributed by atoms with E-state index in [-0.39, 0.29) is 37.7 Å². The number of imide groups is 1. The van der Waals surface area contributed by atoms with Crippen LogP contribution in [0.3, 0.4) is 0 Å². The summed E-state index contributed by atoms with van der Waals surface area (Å²) in [5.41, 5.74) is 3.42. The van der Waals surface area contributed by atoms with E-state index in [4.69, 9.17) is 5.26 Å². The van der Waals surface area contributed by atoms with Gasteiger partial charge in [-0.15, -0.1) is 0 Å². The highest BCUT2D eigenvalue weighted by atomic mass is 16.2. The number of urea groups is 1. The number of rotatable bonds is 5. The topological polar surface area (TPSA) is 131 Å². The van der Waals surface area contributed by atoms with Crippen LogP contribution in [0.2, 0.25) is 0 Å². The lowest BCUT2D eigenvalue weighted by Gasteiger charge is -2.29. The predicted molar refractivity (Wildman–Crippen MR) is 114 cm³/mol. The Morgan fingerprint density at radius 3 is 2.78 bits per heavy atom. The molecule has 5 amide bonds. The zero-order valence-electron chi connectivity index (χ0n) is 17.2. The Balaban J connectivity index is 1.42. The Kier molecular flexibility index (Phi) is 5.85. The Hall–Kier alpha value is -4.19. The van der Waals surface area contributed by atoms with Gasteiger partial charge in [-0.25, -0.2) is 4.79 Å². The van der Waals surface area contributed by atoms with Crippen LogP contribution < -0.4 is 16.0 Å². The SMILES string of the molecule is N#CCc1cccc(NC(=O)NCc2cccc3c2CN(C2CCC(=O)NC2=O)C3=O)c1. The van der Waals surface area contributed by atoms with Crippen LogP contribution in [0, 0.1) is 11.3 Å². The minimum absolute atomic E-state index is 0.195. The van der Waals surface area contributed by atoms with Crippen LogP contribution >= 0.6 is 0 Å². The number of nitrogens with zero attached hydrogens (tertiary/aromatic N) is 2. The van der Waals surface area contributed by atoms with Crippen LogP contribution in [0.15, 0.2) is 42.5 Å². The highest BCUT2D eigenvalue weighted by molar-refractivity contribution is 6.05. The van der Waals surface area contributed by atoms with Crippen molar-refractivity contribution in [3.8, 4) is 6.07 Å². The maximum absolute atomic E-state index is 12.9. The first-order chi connectivity index (χ1) is 15.5. The minimum Gasteiger partial charge on any atom is -0.334 e. The van der Waals surface area contributed by atoms with Gasteiger partial charge in [-0.2, -0.15) is 5.26 Å². The molecule has 4 rings (SSSR count). The number of nitrogens with one attached hydrogen (secondary N) is 3. The molecule has 2 aliphatic heterocycles. The van der Waals surface area contributed by atoms with Gasteiger partial charge in [0.2, 0.25) is 11.8 Å². The fraction of sp³-hybridized carbons (Fsp3) is 0.261. The van der Waals surface area contributed by atoms with Gasteiger partial charge in [0.25, 0.3) is 5.91 Å². The van der Waals surface area contributed by atoms with Gasteiger partial charge in [0.15, 0.2) is 0 Å². The van der Waals surface area contributed by atoms with Crippen molar-refractivity contribution in [3.05, 3.63) is 64.7 Å². The Labute approximate surface area is 184 Å². The lowest BCUT2D eigenvalue weighted by Crippen LogP contribution is -2.52. The quantitative estimate of drug-likeness (QED) is 0.622. The molecule has 0 saturated carbocycles. The van der Waals surface area contributed by atoms with Gasteiger partial charge in [-0.3, -0.25) is 19.7 Å². The standard InChI is InChI=1S/C23H21N5O4/c24-10-9-14-3-1-5-16(11-14)26-23(32)25-12-15-4-2-6-17-18(15)13-28(22(17)31)19-7-8-20(29)27-21(19)30/h1-6,11,19H,7-9,12-13H2,(H2,25,26,32)(H,27,29,30). The molecule has 2 aromatic rings. The molecule has 2 aromatic carbocycles. The normalized spacial score (nSPS) is 17.4. The number of amides is 5. The number of nitriles is 1. The second kappa shape index (κ2) is 8.89. The summed E-state index contributed by atoms with van der Waals surface area (Å²) < 4.78 is 0. The molecule has 9 nitrogen and oxygen atoms in total. The zero-order valence-corrected chi connectivity index (χ0v) is 17.2. The first-order valence-electron chi connectivity index (χ1n) is 10.2. The first-order valence-corrected chi connectivity index (χ1v) is 10.2. The number of benzene rings is 2. The van der Waals surface area contributed by atoms with Gasteiger partial charge in [0, 0.05) is 30.8 Å². The van der Waals surface area contributed by atoms with E-state index < -0.39 is 18.0 Å². The number of anilines is 1. The van der Waals surface area contributed by atoms with Crippen molar-refractivity contribution in [2.45, 2.75) is 38.4 Å². The second-order valence-corrected chi connectivity index (χ2v) is 7.69. The van der Waals surface area contributed by atoms with Crippen LogP contribution in [0.5, 0.6) is 0 Å². The van der Waals surface area contributed by atoms with Crippen molar-refractivity contribution < 1.29 is 19.2 Å². The molecular formula is C23H21N5O4. The van der Waals surface area contributed by atoms with Gasteiger partial charge in [-0.05, 0) is 41.3 Å². The van der Waals surface area contributed by atoms with Gasteiger partial charge >= 0.3 is 6.03 Å². The minimum atomic E-state index is -0.683. The number of piperidine rings is 1. The molecule has 2 aliphatic rings. The summed E-state index contributed by atoms with van der Waals surface area (Å²) in [7, 11) is 0. The summed E-state index contributed by atoms with van der Waals surface area (Å²) in [6.45, 7) is 0.444. The summed E-state index contributed by atoms with van der Waals surface area (Å²) in [6, 6.07) is 13.3. The van der Waals surface area contributed by atoms with Gasteiger partial charge in [-0.1, -0.05) is 24.3 Å². The smallest absolute Gasteiger partial charge is 0.319 e. The Bertz CT molecular complexity index is 1150. The molecule has 1 fully saturated rings. The molecule has 0 aliphatic carbocycles. The van der Waals surface area contributed by atoms with Crippen molar-refractivity contribution in [2.24, 2.45) is 0 Å². The maximum atomic E-state index is 12.9. The molecule has 2 heterocycles. The van der Waals surface area contributed by atoms with E-state index in [1.165, 1.54) is 4.90 Å². The van der Waals surface area contributed by atoms with Crippen LogP contribution in [-0.2, 0) is 29.1 Å². The predicted octanol–water partition coefficient (Wildman–Crippen LogP) is 1.84. The van der Waals surface area contributed by atoms with Crippen molar-refractivity contribution >= 4 is 29.4 Å². The third-order valence-corrected chi connectivity index (χ3v) is 5.59. The highest BCUT2D eigenvalue weighted by Crippen LogP contribution is 2.29. The van der Waals surface area contributed by atoms with Crippen molar-refractivity contribution in [3.63, 3.8) is 0 Å². The van der Waals surface area contributed by atoms with Crippen LogP contribution in [0.4, 0.5) is 10.5 Å². The molecule has 3 N–H and O–H groups in total. The van der Waals surface area contributed by atoms with Crippen molar-refractivity contribution in [2.75, 3.05) is 5.32 Å². The average molecular weight is 431 g/mol. The molecule has 1 atom stereocenters. The van der Waals surface area contributed by atoms with Crippen LogP contribution in [0.1, 0.15) is 39.9 Å². The third-order valence-electron chi connectivity index (χ3n) is 5.59. The number of fused-ring (bicyclic) bond motifs is 1. The lowest BCUT2D eigenvalue weighted by molar-refractivity contribution is -0.136. The maximum Gasteiger partial charge on any atom is 0.319 e. The molecule has 0 bridgehead atoms. The van der Waals surface area contributed by atoms with E-state index in [0.717, 1.165) is 16.7 Å². The fourth-order valence-electron chi connectivity index (χ4n) is 4.02. The Morgan fingerprint density at radius 1 is 1.19 bits per heavy atom. The molecule has 1 unspecified atom stereocenters. The summed E-state index contributed by atoms with van der Waals surface area (Å²) in [5.74, 6) is -1.04. The van der Waals surface area contributed by atoms with E-state index in [1.807, 2.05) is 12.1 Å². The van der Waals surface area contributed by atoms with Crippen LogP contribution in [0.25, 0.3) is 0 Å². The van der Waals surface area contributed by atoms with Gasteiger partial charge in [0.05, 0.1) is 12.5 Å². The van der Waals surface area contributed by atoms with Crippen LogP contribution in [-0.4, -0.2) is 34.7 Å². The fourth-order valence-corrected chi connectivity index (χ4v) is 4.02. The molecule has 9 heteroatoms. The van der Waals surface area contributed by atoms with E-state index in [0.29, 0.717) is 17.7 Å². The zero-order chi connectivity index (χ0) is 22.7. The van der Waals surface area contributed by atoms with E-state index in [9.17, 15) is 19.2 Å². The molecule has 162 valence electrons. The molecule has 32 heavy (non-hydrogen) atoms. The third kappa shape index (κ3) is 4.30. The summed E-state index contributed by atoms with van der Waals surface area (Å²) in [5, 5.41) is 16.6. The largest absolute Gasteiger partial charge is 0.334 e. The lowest BCUT2D eigenvalue weighted by atomic mass is 10.0. The molecule has 0 aromatic heterocycles. The summed E-state index contributed by atoms with van der Waals surface area (Å²) in [6.07, 6.45) is 0.747. The number of carbonyl (C=O) groups excluding carboxylic acids is 4. The molecule has 0 spiro atoms. The monoisotopic (exact) mass is 431 g/mol. The first kappa shape index (κ1) is 21.1. The van der Waals surface area contributed by atoms with E-state index >= 15 is 0 Å². The molecular weight excluding hydrogens is 410 g/mol. The van der Waals surface area contributed by atoms with Crippen molar-refractivity contribution in [1.29, 1.82) is 5.26 Å². The molecule has 1 saturated heterocycles. The Morgan fingerprint density at radius 2 is 2.00 bits per heavy atom. The van der Waals surface area contributed by atoms with Gasteiger partial charge in [0.1, 0.15) is 6.04 Å².